The molecule has 2 rings (SSSR count). The minimum absolute atomic E-state index is 1.00. The molecule has 0 radical (unpaired) electrons. The molecule has 1 aromatic heterocycles. The van der Waals surface area contributed by atoms with Crippen molar-refractivity contribution in [2.75, 3.05) is 31.5 Å². The van der Waals surface area contributed by atoms with Gasteiger partial charge in [-0.15, -0.1) is 0 Å². The molecule has 0 spiro atoms. The molecule has 3 nitrogen and oxygen atoms in total. The minimum atomic E-state index is 1.00. The summed E-state index contributed by atoms with van der Waals surface area (Å²) in [7, 11) is 0. The van der Waals surface area contributed by atoms with Gasteiger partial charge in [0.1, 0.15) is 0 Å². The van der Waals surface area contributed by atoms with Gasteiger partial charge in [-0.05, 0) is 38.2 Å². The first-order chi connectivity index (χ1) is 9.35. The van der Waals surface area contributed by atoms with Gasteiger partial charge in [0.05, 0.1) is 5.52 Å². The highest BCUT2D eigenvalue weighted by Gasteiger charge is 2.01. The van der Waals surface area contributed by atoms with Gasteiger partial charge in [0.2, 0.25) is 0 Å². The molecule has 0 saturated heterocycles. The van der Waals surface area contributed by atoms with Crippen molar-refractivity contribution in [3.63, 3.8) is 0 Å². The molecule has 19 heavy (non-hydrogen) atoms. The summed E-state index contributed by atoms with van der Waals surface area (Å²) in [5, 5.41) is 4.73. The van der Waals surface area contributed by atoms with Gasteiger partial charge < -0.3 is 10.2 Å². The molecule has 3 heteroatoms. The minimum Gasteiger partial charge on any atom is -0.384 e. The number of fused-ring (bicyclic) bond motifs is 1. The third kappa shape index (κ3) is 3.67. The molecule has 1 N–H and O–H groups in total. The van der Waals surface area contributed by atoms with Crippen LogP contribution < -0.4 is 5.32 Å². The van der Waals surface area contributed by atoms with E-state index in [0.717, 1.165) is 31.7 Å². The van der Waals surface area contributed by atoms with E-state index in [0.29, 0.717) is 0 Å². The average Bonchev–Trinajstić information content (AvgIpc) is 2.47. The van der Waals surface area contributed by atoms with E-state index >= 15 is 0 Å². The lowest BCUT2D eigenvalue weighted by Gasteiger charge is -2.18. The van der Waals surface area contributed by atoms with Gasteiger partial charge in [-0.25, -0.2) is 0 Å². The van der Waals surface area contributed by atoms with Crippen LogP contribution in [0.2, 0.25) is 0 Å². The van der Waals surface area contributed by atoms with Crippen LogP contribution in [0.15, 0.2) is 36.5 Å². The highest BCUT2D eigenvalue weighted by atomic mass is 15.1. The Morgan fingerprint density at radius 3 is 2.68 bits per heavy atom. The molecule has 0 aliphatic rings. The third-order valence-electron chi connectivity index (χ3n) is 3.51. The van der Waals surface area contributed by atoms with Crippen LogP contribution in [0.25, 0.3) is 10.9 Å². The number of hydrogen-bond donors (Lipinski definition) is 1. The van der Waals surface area contributed by atoms with Crippen LogP contribution in [0.1, 0.15) is 20.3 Å². The van der Waals surface area contributed by atoms with E-state index in [-0.39, 0.29) is 0 Å². The Kier molecular flexibility index (Phi) is 5.16. The Morgan fingerprint density at radius 1 is 1.11 bits per heavy atom. The first-order valence-corrected chi connectivity index (χ1v) is 7.15. The van der Waals surface area contributed by atoms with Gasteiger partial charge in [-0.2, -0.15) is 0 Å². The number of hydrogen-bond acceptors (Lipinski definition) is 3. The largest absolute Gasteiger partial charge is 0.384 e. The normalized spacial score (nSPS) is 11.1. The SMILES string of the molecule is CCN(CC)CCCNc1ccnc2ccccc12. The Balaban J connectivity index is 1.91. The molecule has 102 valence electrons. The van der Waals surface area contributed by atoms with Crippen molar-refractivity contribution < 1.29 is 0 Å². The van der Waals surface area contributed by atoms with Gasteiger partial charge in [0.25, 0.3) is 0 Å². The van der Waals surface area contributed by atoms with Crippen LogP contribution in [0, 0.1) is 0 Å². The molecule has 1 aromatic carbocycles. The van der Waals surface area contributed by atoms with E-state index in [4.69, 9.17) is 0 Å². The maximum atomic E-state index is 4.38. The van der Waals surface area contributed by atoms with E-state index in [2.05, 4.69) is 53.3 Å². The Morgan fingerprint density at radius 2 is 1.89 bits per heavy atom. The second kappa shape index (κ2) is 7.10. The molecule has 0 atom stereocenters. The fraction of sp³-hybridized carbons (Fsp3) is 0.438. The third-order valence-corrected chi connectivity index (χ3v) is 3.51. The average molecular weight is 257 g/mol. The van der Waals surface area contributed by atoms with Crippen molar-refractivity contribution in [1.82, 2.24) is 9.88 Å². The van der Waals surface area contributed by atoms with Crippen LogP contribution >= 0.6 is 0 Å². The molecule has 0 fully saturated rings. The number of anilines is 1. The van der Waals surface area contributed by atoms with Crippen LogP contribution in [-0.4, -0.2) is 36.1 Å². The fourth-order valence-electron chi connectivity index (χ4n) is 2.32. The molecule has 0 aliphatic heterocycles. The summed E-state index contributed by atoms with van der Waals surface area (Å²) in [6.07, 6.45) is 3.04. The number of rotatable bonds is 7. The van der Waals surface area contributed by atoms with Gasteiger partial charge in [-0.1, -0.05) is 32.0 Å². The van der Waals surface area contributed by atoms with E-state index in [9.17, 15) is 0 Å². The van der Waals surface area contributed by atoms with E-state index in [1.807, 2.05) is 12.3 Å². The molecular weight excluding hydrogens is 234 g/mol. The summed E-state index contributed by atoms with van der Waals surface area (Å²) in [6.45, 7) is 8.86. The van der Waals surface area contributed by atoms with E-state index in [1.165, 1.54) is 17.5 Å². The van der Waals surface area contributed by atoms with Crippen molar-refractivity contribution in [2.45, 2.75) is 20.3 Å². The predicted octanol–water partition coefficient (Wildman–Crippen LogP) is 3.38. The first kappa shape index (κ1) is 13.8. The van der Waals surface area contributed by atoms with Crippen LogP contribution in [0.3, 0.4) is 0 Å². The molecule has 0 saturated carbocycles. The van der Waals surface area contributed by atoms with E-state index in [1.54, 1.807) is 0 Å². The van der Waals surface area contributed by atoms with E-state index < -0.39 is 0 Å². The molecule has 0 aliphatic carbocycles. The lowest BCUT2D eigenvalue weighted by molar-refractivity contribution is 0.303. The summed E-state index contributed by atoms with van der Waals surface area (Å²) in [5.41, 5.74) is 2.24. The van der Waals surface area contributed by atoms with Crippen molar-refractivity contribution in [3.05, 3.63) is 36.5 Å². The van der Waals surface area contributed by atoms with Crippen LogP contribution in [0.4, 0.5) is 5.69 Å². The summed E-state index contributed by atoms with van der Waals surface area (Å²) in [6, 6.07) is 10.3. The molecule has 0 bridgehead atoms. The summed E-state index contributed by atoms with van der Waals surface area (Å²) < 4.78 is 0. The molecule has 1 heterocycles. The summed E-state index contributed by atoms with van der Waals surface area (Å²) in [4.78, 5) is 6.83. The quantitative estimate of drug-likeness (QED) is 0.771. The number of nitrogens with one attached hydrogen (secondary N) is 1. The number of benzene rings is 1. The Labute approximate surface area is 115 Å². The van der Waals surface area contributed by atoms with Crippen molar-refractivity contribution in [3.8, 4) is 0 Å². The van der Waals surface area contributed by atoms with Gasteiger partial charge in [-0.3, -0.25) is 4.98 Å². The number of nitrogens with zero attached hydrogens (tertiary/aromatic N) is 2. The number of pyridine rings is 1. The standard InChI is InChI=1S/C16H23N3/c1-3-19(4-2)13-7-11-17-16-10-12-18-15-9-6-5-8-14(15)16/h5-6,8-10,12H,3-4,7,11,13H2,1-2H3,(H,17,18). The highest BCUT2D eigenvalue weighted by molar-refractivity contribution is 5.90. The second-order valence-corrected chi connectivity index (χ2v) is 4.68. The van der Waals surface area contributed by atoms with Gasteiger partial charge >= 0.3 is 0 Å². The zero-order chi connectivity index (χ0) is 13.5. The molecule has 0 amide bonds. The van der Waals surface area contributed by atoms with Crippen molar-refractivity contribution >= 4 is 16.6 Å². The molecular formula is C16H23N3. The zero-order valence-electron chi connectivity index (χ0n) is 11.9. The smallest absolute Gasteiger partial charge is 0.0722 e. The van der Waals surface area contributed by atoms with Gasteiger partial charge in [0, 0.05) is 23.8 Å². The highest BCUT2D eigenvalue weighted by Crippen LogP contribution is 2.20. The monoisotopic (exact) mass is 257 g/mol. The molecule has 2 aromatic rings. The maximum absolute atomic E-state index is 4.38. The van der Waals surface area contributed by atoms with Crippen molar-refractivity contribution in [1.29, 1.82) is 0 Å². The first-order valence-electron chi connectivity index (χ1n) is 7.15. The second-order valence-electron chi connectivity index (χ2n) is 4.68. The Bertz CT molecular complexity index is 501. The Hall–Kier alpha value is -1.61. The summed E-state index contributed by atoms with van der Waals surface area (Å²) >= 11 is 0. The van der Waals surface area contributed by atoms with Crippen LogP contribution in [0.5, 0.6) is 0 Å². The number of para-hydroxylation sites is 1. The van der Waals surface area contributed by atoms with Gasteiger partial charge in [0.15, 0.2) is 0 Å². The lowest BCUT2D eigenvalue weighted by atomic mass is 10.2. The summed E-state index contributed by atoms with van der Waals surface area (Å²) in [5.74, 6) is 0. The zero-order valence-corrected chi connectivity index (χ0v) is 11.9. The predicted molar refractivity (Wildman–Crippen MR) is 82.6 cm³/mol. The van der Waals surface area contributed by atoms with Crippen molar-refractivity contribution in [2.24, 2.45) is 0 Å². The van der Waals surface area contributed by atoms with Crippen LogP contribution in [-0.2, 0) is 0 Å². The maximum Gasteiger partial charge on any atom is 0.0722 e. The molecule has 0 unspecified atom stereocenters. The fourth-order valence-corrected chi connectivity index (χ4v) is 2.32. The lowest BCUT2D eigenvalue weighted by Crippen LogP contribution is -2.25. The topological polar surface area (TPSA) is 28.2 Å². The number of aromatic nitrogens is 1.